The van der Waals surface area contributed by atoms with Crippen molar-refractivity contribution in [3.8, 4) is 6.07 Å². The van der Waals surface area contributed by atoms with Crippen molar-refractivity contribution < 1.29 is 19.1 Å². The molecule has 2 N–H and O–H groups in total. The average Bonchev–Trinajstić information content (AvgIpc) is 2.80. The molecule has 0 bridgehead atoms. The van der Waals surface area contributed by atoms with E-state index in [4.69, 9.17) is 16.3 Å². The fourth-order valence-electron chi connectivity index (χ4n) is 3.41. The van der Waals surface area contributed by atoms with Crippen molar-refractivity contribution in [1.82, 2.24) is 5.32 Å². The molecular formula is C23H20ClN3O4S. The third-order valence-electron chi connectivity index (χ3n) is 5.03. The van der Waals surface area contributed by atoms with Crippen LogP contribution in [0.1, 0.15) is 17.0 Å². The first-order valence-corrected chi connectivity index (χ1v) is 11.0. The lowest BCUT2D eigenvalue weighted by molar-refractivity contribution is -0.150. The van der Waals surface area contributed by atoms with Gasteiger partial charge in [-0.05, 0) is 30.2 Å². The highest BCUT2D eigenvalue weighted by atomic mass is 35.5. The number of halogens is 1. The first-order valence-electron chi connectivity index (χ1n) is 9.63. The Morgan fingerprint density at radius 1 is 1.22 bits per heavy atom. The second kappa shape index (κ2) is 10.4. The average molecular weight is 470 g/mol. The van der Waals surface area contributed by atoms with Crippen LogP contribution in [0.3, 0.4) is 0 Å². The smallest absolute Gasteiger partial charge is 0.319 e. The Kier molecular flexibility index (Phi) is 7.57. The SMILES string of the molecule is COC(=O)[C@H]1C(=O)NC(SCC(=O)Nc2cccc(Cl)c2C)=C(C#N)[C@@H]1c1ccccc1. The van der Waals surface area contributed by atoms with Gasteiger partial charge in [0.1, 0.15) is 5.92 Å². The van der Waals surface area contributed by atoms with Gasteiger partial charge in [0.2, 0.25) is 11.8 Å². The molecule has 1 heterocycles. The predicted molar refractivity (Wildman–Crippen MR) is 123 cm³/mol. The monoisotopic (exact) mass is 469 g/mol. The summed E-state index contributed by atoms with van der Waals surface area (Å²) in [5, 5.41) is 16.0. The van der Waals surface area contributed by atoms with Gasteiger partial charge in [0.15, 0.2) is 0 Å². The van der Waals surface area contributed by atoms with Gasteiger partial charge in [-0.2, -0.15) is 5.26 Å². The quantitative estimate of drug-likeness (QED) is 0.492. The maximum Gasteiger partial charge on any atom is 0.319 e. The Bertz CT molecular complexity index is 1130. The summed E-state index contributed by atoms with van der Waals surface area (Å²) in [6, 6.07) is 16.1. The lowest BCUT2D eigenvalue weighted by atomic mass is 9.78. The highest BCUT2D eigenvalue weighted by Gasteiger charge is 2.44. The fourth-order valence-corrected chi connectivity index (χ4v) is 4.43. The number of benzene rings is 2. The number of nitriles is 1. The van der Waals surface area contributed by atoms with Gasteiger partial charge in [0.05, 0.1) is 29.5 Å². The van der Waals surface area contributed by atoms with E-state index in [1.165, 1.54) is 7.11 Å². The van der Waals surface area contributed by atoms with Gasteiger partial charge in [0.25, 0.3) is 0 Å². The number of thioether (sulfide) groups is 1. The Morgan fingerprint density at radius 2 is 1.94 bits per heavy atom. The summed E-state index contributed by atoms with van der Waals surface area (Å²) in [5.41, 5.74) is 2.15. The number of nitrogens with zero attached hydrogens (tertiary/aromatic N) is 1. The van der Waals surface area contributed by atoms with Crippen LogP contribution >= 0.6 is 23.4 Å². The summed E-state index contributed by atoms with van der Waals surface area (Å²) in [7, 11) is 1.19. The summed E-state index contributed by atoms with van der Waals surface area (Å²) in [5.74, 6) is -3.73. The van der Waals surface area contributed by atoms with Crippen molar-refractivity contribution in [1.29, 1.82) is 5.26 Å². The van der Waals surface area contributed by atoms with Crippen LogP contribution in [0.4, 0.5) is 5.69 Å². The zero-order chi connectivity index (χ0) is 23.3. The van der Waals surface area contributed by atoms with E-state index in [0.29, 0.717) is 16.3 Å². The van der Waals surface area contributed by atoms with Crippen LogP contribution in [-0.4, -0.2) is 30.6 Å². The normalized spacial score (nSPS) is 17.9. The van der Waals surface area contributed by atoms with Crippen molar-refractivity contribution >= 4 is 46.8 Å². The van der Waals surface area contributed by atoms with Crippen LogP contribution in [0.25, 0.3) is 0 Å². The summed E-state index contributed by atoms with van der Waals surface area (Å²) in [4.78, 5) is 37.6. The molecular weight excluding hydrogens is 450 g/mol. The Labute approximate surface area is 194 Å². The third-order valence-corrected chi connectivity index (χ3v) is 6.46. The summed E-state index contributed by atoms with van der Waals surface area (Å²) in [6.07, 6.45) is 0. The largest absolute Gasteiger partial charge is 0.468 e. The molecule has 2 atom stereocenters. The zero-order valence-corrected chi connectivity index (χ0v) is 18.9. The number of carbonyl (C=O) groups is 3. The fraction of sp³-hybridized carbons (Fsp3) is 0.217. The van der Waals surface area contributed by atoms with Crippen LogP contribution in [0.15, 0.2) is 59.1 Å². The molecule has 2 aromatic carbocycles. The van der Waals surface area contributed by atoms with Crippen LogP contribution in [0.2, 0.25) is 5.02 Å². The number of allylic oxidation sites excluding steroid dienone is 1. The van der Waals surface area contributed by atoms with Crippen LogP contribution in [0.5, 0.6) is 0 Å². The molecule has 0 aromatic heterocycles. The molecule has 7 nitrogen and oxygen atoms in total. The van der Waals surface area contributed by atoms with Crippen molar-refractivity contribution in [2.45, 2.75) is 12.8 Å². The maximum atomic E-state index is 12.8. The van der Waals surface area contributed by atoms with Gasteiger partial charge in [-0.15, -0.1) is 0 Å². The maximum absolute atomic E-state index is 12.8. The Balaban J connectivity index is 1.87. The molecule has 0 spiro atoms. The van der Waals surface area contributed by atoms with E-state index in [1.807, 2.05) is 0 Å². The van der Waals surface area contributed by atoms with E-state index >= 15 is 0 Å². The molecule has 164 valence electrons. The van der Waals surface area contributed by atoms with E-state index in [-0.39, 0.29) is 22.3 Å². The molecule has 0 unspecified atom stereocenters. The van der Waals surface area contributed by atoms with Crippen LogP contribution in [-0.2, 0) is 19.1 Å². The first-order chi connectivity index (χ1) is 15.4. The number of nitrogens with one attached hydrogen (secondary N) is 2. The molecule has 2 amide bonds. The summed E-state index contributed by atoms with van der Waals surface area (Å²) >= 11 is 7.11. The number of carbonyl (C=O) groups excluding carboxylic acids is 3. The number of methoxy groups -OCH3 is 1. The van der Waals surface area contributed by atoms with Gasteiger partial charge in [0, 0.05) is 16.6 Å². The number of rotatable bonds is 6. The molecule has 3 rings (SSSR count). The molecule has 0 saturated carbocycles. The van der Waals surface area contributed by atoms with Crippen LogP contribution < -0.4 is 10.6 Å². The molecule has 32 heavy (non-hydrogen) atoms. The topological polar surface area (TPSA) is 108 Å². The van der Waals surface area contributed by atoms with Crippen molar-refractivity contribution in [2.24, 2.45) is 5.92 Å². The zero-order valence-electron chi connectivity index (χ0n) is 17.3. The molecule has 2 aromatic rings. The summed E-state index contributed by atoms with van der Waals surface area (Å²) in [6.45, 7) is 1.79. The molecule has 0 saturated heterocycles. The van der Waals surface area contributed by atoms with Gasteiger partial charge in [-0.1, -0.05) is 59.8 Å². The Hall–Kier alpha value is -3.28. The van der Waals surface area contributed by atoms with Gasteiger partial charge in [-0.3, -0.25) is 14.4 Å². The predicted octanol–water partition coefficient (Wildman–Crippen LogP) is 3.76. The molecule has 0 radical (unpaired) electrons. The minimum atomic E-state index is -1.20. The van der Waals surface area contributed by atoms with E-state index in [1.54, 1.807) is 55.5 Å². The van der Waals surface area contributed by atoms with Gasteiger partial charge in [-0.25, -0.2) is 0 Å². The minimum Gasteiger partial charge on any atom is -0.468 e. The lowest BCUT2D eigenvalue weighted by Gasteiger charge is -2.30. The molecule has 0 fully saturated rings. The van der Waals surface area contributed by atoms with Crippen molar-refractivity contribution in [3.63, 3.8) is 0 Å². The molecule has 9 heteroatoms. The highest BCUT2D eigenvalue weighted by molar-refractivity contribution is 8.03. The summed E-state index contributed by atoms with van der Waals surface area (Å²) < 4.78 is 4.81. The first kappa shape index (κ1) is 23.4. The highest BCUT2D eigenvalue weighted by Crippen LogP contribution is 2.40. The molecule has 1 aliphatic heterocycles. The van der Waals surface area contributed by atoms with E-state index in [2.05, 4.69) is 16.7 Å². The van der Waals surface area contributed by atoms with Crippen LogP contribution in [0, 0.1) is 24.2 Å². The standard InChI is InChI=1S/C23H20ClN3O4S/c1-13-16(24)9-6-10-17(13)26-18(28)12-32-22-15(11-25)19(14-7-4-3-5-8-14)20(21(29)27-22)23(30)31-2/h3-10,19-20H,12H2,1-2H3,(H,26,28)(H,27,29)/t19-,20+/m0/s1. The number of amides is 2. The number of ether oxygens (including phenoxy) is 1. The van der Waals surface area contributed by atoms with Gasteiger partial charge < -0.3 is 15.4 Å². The van der Waals surface area contributed by atoms with E-state index < -0.39 is 23.7 Å². The number of esters is 1. The molecule has 1 aliphatic rings. The second-order valence-corrected chi connectivity index (χ2v) is 8.38. The van der Waals surface area contributed by atoms with E-state index in [0.717, 1.165) is 17.3 Å². The third kappa shape index (κ3) is 4.96. The number of hydrogen-bond acceptors (Lipinski definition) is 6. The number of hydrogen-bond donors (Lipinski definition) is 2. The number of anilines is 1. The minimum absolute atomic E-state index is 0.0584. The molecule has 0 aliphatic carbocycles. The lowest BCUT2D eigenvalue weighted by Crippen LogP contribution is -2.44. The Morgan fingerprint density at radius 3 is 2.59 bits per heavy atom. The second-order valence-electron chi connectivity index (χ2n) is 6.98. The van der Waals surface area contributed by atoms with E-state index in [9.17, 15) is 19.6 Å². The van der Waals surface area contributed by atoms with Crippen molar-refractivity contribution in [3.05, 3.63) is 75.3 Å². The van der Waals surface area contributed by atoms with Gasteiger partial charge >= 0.3 is 5.97 Å². The van der Waals surface area contributed by atoms with Crippen molar-refractivity contribution in [2.75, 3.05) is 18.2 Å².